The van der Waals surface area contributed by atoms with Crippen LogP contribution in [0, 0.1) is 0 Å². The number of nitrogens with zero attached hydrogens (tertiary/aromatic N) is 4. The van der Waals surface area contributed by atoms with Gasteiger partial charge in [-0.3, -0.25) is 18.8 Å². The summed E-state index contributed by atoms with van der Waals surface area (Å²) < 4.78 is 3.97. The van der Waals surface area contributed by atoms with Gasteiger partial charge in [0.05, 0.1) is 5.69 Å². The Morgan fingerprint density at radius 3 is 2.79 bits per heavy atom. The fraction of sp³-hybridized carbons (Fsp3) is 0.316. The van der Waals surface area contributed by atoms with Crippen LogP contribution in [0.4, 0.5) is 5.95 Å². The van der Waals surface area contributed by atoms with Crippen molar-refractivity contribution in [3.05, 3.63) is 52.9 Å². The summed E-state index contributed by atoms with van der Waals surface area (Å²) in [5.41, 5.74) is 1.19. The number of pyridine rings is 1. The van der Waals surface area contributed by atoms with E-state index in [0.717, 1.165) is 53.8 Å². The number of nitrogens with one attached hydrogen (secondary N) is 1. The van der Waals surface area contributed by atoms with E-state index in [9.17, 15) is 4.79 Å². The second-order valence-corrected chi connectivity index (χ2v) is 8.21. The van der Waals surface area contributed by atoms with Crippen LogP contribution in [0.15, 0.2) is 52.3 Å². The van der Waals surface area contributed by atoms with Crippen LogP contribution in [0.1, 0.15) is 12.8 Å². The molecule has 1 fully saturated rings. The minimum absolute atomic E-state index is 0.135. The maximum absolute atomic E-state index is 12.6. The van der Waals surface area contributed by atoms with E-state index in [1.54, 1.807) is 34.8 Å². The van der Waals surface area contributed by atoms with E-state index in [4.69, 9.17) is 5.14 Å². The summed E-state index contributed by atoms with van der Waals surface area (Å²) in [7, 11) is 0. The Balaban J connectivity index is 1.69. The molecule has 0 bridgehead atoms. The lowest BCUT2D eigenvalue weighted by Crippen LogP contribution is -2.35. The highest BCUT2D eigenvalue weighted by Gasteiger charge is 2.19. The van der Waals surface area contributed by atoms with Gasteiger partial charge < -0.3 is 5.32 Å². The lowest BCUT2D eigenvalue weighted by molar-refractivity contribution is 0.358. The van der Waals surface area contributed by atoms with Crippen LogP contribution >= 0.6 is 23.9 Å². The molecular formula is C19H22N6OS2. The van der Waals surface area contributed by atoms with Gasteiger partial charge in [-0.05, 0) is 55.3 Å². The second-order valence-electron chi connectivity index (χ2n) is 6.62. The summed E-state index contributed by atoms with van der Waals surface area (Å²) in [5, 5.41) is 9.94. The number of hydrogen-bond acceptors (Lipinski definition) is 8. The first-order chi connectivity index (χ1) is 13.7. The molecule has 146 valence electrons. The molecule has 3 heterocycles. The molecule has 1 saturated heterocycles. The summed E-state index contributed by atoms with van der Waals surface area (Å²) in [4.78, 5) is 22.7. The molecule has 0 atom stereocenters. The average molecular weight is 415 g/mol. The molecule has 0 spiro atoms. The number of hydrogen-bond donors (Lipinski definition) is 2. The van der Waals surface area contributed by atoms with Gasteiger partial charge in [-0.25, -0.2) is 4.98 Å². The maximum atomic E-state index is 12.6. The number of anilines is 1. The van der Waals surface area contributed by atoms with Crippen molar-refractivity contribution in [1.29, 1.82) is 0 Å². The Morgan fingerprint density at radius 2 is 2.04 bits per heavy atom. The van der Waals surface area contributed by atoms with Gasteiger partial charge in [-0.1, -0.05) is 18.0 Å². The van der Waals surface area contributed by atoms with Crippen molar-refractivity contribution < 1.29 is 0 Å². The highest BCUT2D eigenvalue weighted by Crippen LogP contribution is 2.21. The van der Waals surface area contributed by atoms with Crippen LogP contribution in [-0.2, 0) is 0 Å². The summed E-state index contributed by atoms with van der Waals surface area (Å²) in [6.07, 6.45) is 5.95. The zero-order valence-electron chi connectivity index (χ0n) is 15.5. The van der Waals surface area contributed by atoms with Crippen molar-refractivity contribution in [1.82, 2.24) is 18.8 Å². The number of fused-ring (bicyclic) bond motifs is 1. The van der Waals surface area contributed by atoms with Gasteiger partial charge in [0, 0.05) is 41.7 Å². The molecule has 9 heteroatoms. The van der Waals surface area contributed by atoms with Crippen molar-refractivity contribution in [3.63, 3.8) is 0 Å². The smallest absolute Gasteiger partial charge is 0.256 e. The van der Waals surface area contributed by atoms with E-state index in [-0.39, 0.29) is 5.56 Å². The lowest BCUT2D eigenvalue weighted by Gasteiger charge is -2.30. The van der Waals surface area contributed by atoms with Gasteiger partial charge in [0.15, 0.2) is 5.65 Å². The van der Waals surface area contributed by atoms with Gasteiger partial charge in [0.2, 0.25) is 5.95 Å². The van der Waals surface area contributed by atoms with E-state index >= 15 is 0 Å². The van der Waals surface area contributed by atoms with Crippen LogP contribution < -0.4 is 16.0 Å². The number of benzene rings is 1. The third-order valence-corrected chi connectivity index (χ3v) is 6.30. The molecule has 1 aromatic carbocycles. The van der Waals surface area contributed by atoms with E-state index in [2.05, 4.69) is 25.8 Å². The zero-order chi connectivity index (χ0) is 19.5. The summed E-state index contributed by atoms with van der Waals surface area (Å²) in [6.45, 7) is 2.08. The van der Waals surface area contributed by atoms with Crippen molar-refractivity contribution in [2.45, 2.75) is 23.8 Å². The monoisotopic (exact) mass is 414 g/mol. The summed E-state index contributed by atoms with van der Waals surface area (Å²) in [5.74, 6) is 0.554. The molecule has 0 aliphatic carbocycles. The average Bonchev–Trinajstić information content (AvgIpc) is 2.74. The SMILES string of the molecule is CSN1CCC(Nc2ncc3ccc(=O)n(-c4cccc(SN)c4)c3n2)CC1. The lowest BCUT2D eigenvalue weighted by atomic mass is 10.1. The Morgan fingerprint density at radius 1 is 1.21 bits per heavy atom. The Labute approximate surface area is 172 Å². The first kappa shape index (κ1) is 19.3. The molecule has 2 aromatic heterocycles. The molecule has 3 N–H and O–H groups in total. The van der Waals surface area contributed by atoms with Crippen molar-refractivity contribution in [2.75, 3.05) is 24.7 Å². The molecule has 0 amide bonds. The first-order valence-corrected chi connectivity index (χ1v) is 11.2. The van der Waals surface area contributed by atoms with Crippen molar-refractivity contribution >= 4 is 40.9 Å². The Hall–Kier alpha value is -2.07. The third-order valence-electron chi connectivity index (χ3n) is 4.89. The molecule has 1 aliphatic rings. The highest BCUT2D eigenvalue weighted by atomic mass is 32.2. The fourth-order valence-corrected chi connectivity index (χ4v) is 4.32. The highest BCUT2D eigenvalue weighted by molar-refractivity contribution is 7.97. The number of rotatable bonds is 5. The van der Waals surface area contributed by atoms with Crippen LogP contribution in [0.2, 0.25) is 0 Å². The molecule has 1 aliphatic heterocycles. The van der Waals surface area contributed by atoms with Crippen molar-refractivity contribution in [3.8, 4) is 5.69 Å². The second kappa shape index (κ2) is 8.52. The van der Waals surface area contributed by atoms with Gasteiger partial charge in [-0.15, -0.1) is 0 Å². The number of nitrogens with two attached hydrogens (primary N) is 1. The normalized spacial score (nSPS) is 15.8. The predicted molar refractivity (Wildman–Crippen MR) is 117 cm³/mol. The molecule has 0 saturated carbocycles. The van der Waals surface area contributed by atoms with E-state index < -0.39 is 0 Å². The molecule has 3 aromatic rings. The Bertz CT molecular complexity index is 1030. The zero-order valence-corrected chi connectivity index (χ0v) is 17.2. The van der Waals surface area contributed by atoms with Crippen LogP contribution in [0.25, 0.3) is 16.7 Å². The molecular weight excluding hydrogens is 392 g/mol. The fourth-order valence-electron chi connectivity index (χ4n) is 3.40. The third kappa shape index (κ3) is 4.02. The molecule has 7 nitrogen and oxygen atoms in total. The van der Waals surface area contributed by atoms with Gasteiger partial charge in [0.25, 0.3) is 5.56 Å². The van der Waals surface area contributed by atoms with Crippen molar-refractivity contribution in [2.24, 2.45) is 5.14 Å². The van der Waals surface area contributed by atoms with E-state index in [1.165, 1.54) is 0 Å². The molecule has 0 radical (unpaired) electrons. The largest absolute Gasteiger partial charge is 0.351 e. The summed E-state index contributed by atoms with van der Waals surface area (Å²) >= 11 is 2.94. The van der Waals surface area contributed by atoms with Gasteiger partial charge in [0.1, 0.15) is 0 Å². The van der Waals surface area contributed by atoms with E-state index in [0.29, 0.717) is 17.6 Å². The predicted octanol–water partition coefficient (Wildman–Crippen LogP) is 2.90. The van der Waals surface area contributed by atoms with Crippen LogP contribution in [0.5, 0.6) is 0 Å². The van der Waals surface area contributed by atoms with Gasteiger partial charge >= 0.3 is 0 Å². The first-order valence-electron chi connectivity index (χ1n) is 9.09. The minimum Gasteiger partial charge on any atom is -0.351 e. The van der Waals surface area contributed by atoms with Crippen LogP contribution in [0.3, 0.4) is 0 Å². The molecule has 0 unspecified atom stereocenters. The Kier molecular flexibility index (Phi) is 5.86. The molecule has 28 heavy (non-hydrogen) atoms. The van der Waals surface area contributed by atoms with Gasteiger partial charge in [-0.2, -0.15) is 4.98 Å². The topological polar surface area (TPSA) is 89.1 Å². The van der Waals surface area contributed by atoms with Crippen LogP contribution in [-0.4, -0.2) is 44.2 Å². The molecule has 4 rings (SSSR count). The quantitative estimate of drug-likeness (QED) is 0.616. The number of piperidine rings is 1. The standard InChI is InChI=1S/C19H22N6OS2/c1-27-24-9-7-14(8-10-24)22-19-21-12-13-5-6-17(26)25(18(13)23-19)15-3-2-4-16(11-15)28-20/h2-6,11-12,14H,7-10,20H2,1H3,(H,21,22,23). The minimum atomic E-state index is -0.135. The summed E-state index contributed by atoms with van der Waals surface area (Å²) in [6, 6.07) is 11.2. The number of aromatic nitrogens is 3. The van der Waals surface area contributed by atoms with E-state index in [1.807, 2.05) is 24.3 Å². The maximum Gasteiger partial charge on any atom is 0.256 e.